The first-order valence-electron chi connectivity index (χ1n) is 11.7. The van der Waals surface area contributed by atoms with Gasteiger partial charge < -0.3 is 14.9 Å². The molecule has 0 heterocycles. The van der Waals surface area contributed by atoms with E-state index < -0.39 is 5.60 Å². The fraction of sp³-hybridized carbons (Fsp3) is 0.769. The molecule has 0 unspecified atom stereocenters. The number of aliphatic hydroxyl groups excluding tert-OH is 1. The SMILES string of the molecule is CC1=C(/C=C/C2=CCC[C@]3(C)[C@@H]([C@H](C)OCCC(C)(C)O)CC[C@@H]23)C[C@@H](O)CC1. The van der Waals surface area contributed by atoms with E-state index in [1.165, 1.54) is 36.0 Å². The Hall–Kier alpha value is -0.900. The second-order valence-corrected chi connectivity index (χ2v) is 10.7. The van der Waals surface area contributed by atoms with Gasteiger partial charge >= 0.3 is 0 Å². The molecule has 0 amide bonds. The molecule has 5 atom stereocenters. The number of hydrogen-bond acceptors (Lipinski definition) is 3. The van der Waals surface area contributed by atoms with Crippen LogP contribution >= 0.6 is 0 Å². The van der Waals surface area contributed by atoms with E-state index in [4.69, 9.17) is 4.74 Å². The maximum Gasteiger partial charge on any atom is 0.0613 e. The van der Waals surface area contributed by atoms with Crippen LogP contribution in [-0.2, 0) is 4.74 Å². The Kier molecular flexibility index (Phi) is 7.13. The van der Waals surface area contributed by atoms with Crippen molar-refractivity contribution in [2.45, 2.75) is 104 Å². The Labute approximate surface area is 177 Å². The van der Waals surface area contributed by atoms with Gasteiger partial charge in [-0.05, 0) is 107 Å². The summed E-state index contributed by atoms with van der Waals surface area (Å²) in [5, 5.41) is 20.0. The molecule has 0 aromatic heterocycles. The van der Waals surface area contributed by atoms with Crippen molar-refractivity contribution >= 4 is 0 Å². The van der Waals surface area contributed by atoms with E-state index in [1.807, 2.05) is 13.8 Å². The van der Waals surface area contributed by atoms with Gasteiger partial charge in [0.2, 0.25) is 0 Å². The molecule has 0 aromatic rings. The molecule has 0 aliphatic heterocycles. The van der Waals surface area contributed by atoms with Crippen molar-refractivity contribution < 1.29 is 14.9 Å². The van der Waals surface area contributed by atoms with Gasteiger partial charge in [0.05, 0.1) is 17.8 Å². The number of allylic oxidation sites excluding steroid dienone is 5. The van der Waals surface area contributed by atoms with Crippen molar-refractivity contribution in [2.75, 3.05) is 6.61 Å². The van der Waals surface area contributed by atoms with Crippen molar-refractivity contribution in [3.63, 3.8) is 0 Å². The van der Waals surface area contributed by atoms with Crippen LogP contribution in [0.3, 0.4) is 0 Å². The minimum atomic E-state index is -0.660. The first-order chi connectivity index (χ1) is 13.6. The number of fused-ring (bicyclic) bond motifs is 1. The summed E-state index contributed by atoms with van der Waals surface area (Å²) in [6.45, 7) is 11.2. The van der Waals surface area contributed by atoms with Crippen molar-refractivity contribution in [2.24, 2.45) is 17.3 Å². The summed E-state index contributed by atoms with van der Waals surface area (Å²) in [5.74, 6) is 1.18. The number of rotatable bonds is 7. The van der Waals surface area contributed by atoms with Crippen molar-refractivity contribution in [1.29, 1.82) is 0 Å². The van der Waals surface area contributed by atoms with Gasteiger partial charge in [-0.15, -0.1) is 0 Å². The zero-order chi connectivity index (χ0) is 21.2. The predicted octanol–water partition coefficient (Wildman–Crippen LogP) is 5.72. The monoisotopic (exact) mass is 402 g/mol. The van der Waals surface area contributed by atoms with Crippen LogP contribution in [-0.4, -0.2) is 34.6 Å². The molecule has 1 fully saturated rings. The lowest BCUT2D eigenvalue weighted by Gasteiger charge is -2.42. The molecular weight excluding hydrogens is 360 g/mol. The van der Waals surface area contributed by atoms with Crippen molar-refractivity contribution in [1.82, 2.24) is 0 Å². The molecule has 0 spiro atoms. The maximum absolute atomic E-state index is 10.0. The van der Waals surface area contributed by atoms with Crippen LogP contribution in [0.2, 0.25) is 0 Å². The molecule has 3 nitrogen and oxygen atoms in total. The van der Waals surface area contributed by atoms with Gasteiger partial charge in [-0.3, -0.25) is 0 Å². The molecule has 1 saturated carbocycles. The standard InChI is InChI=1S/C26H42O3/c1-18-8-11-22(27)17-21(18)10-9-20-7-6-14-26(5)23(12-13-24(20)26)19(2)29-16-15-25(3,4)28/h7,9-10,19,22-24,27-28H,6,8,11-17H2,1-5H3/b10-9+/t19-,22-,23+,24-,26+/m0/s1. The smallest absolute Gasteiger partial charge is 0.0613 e. The highest BCUT2D eigenvalue weighted by molar-refractivity contribution is 5.36. The van der Waals surface area contributed by atoms with E-state index >= 15 is 0 Å². The summed E-state index contributed by atoms with van der Waals surface area (Å²) >= 11 is 0. The molecule has 0 saturated heterocycles. The Morgan fingerprint density at radius 3 is 2.76 bits per heavy atom. The fourth-order valence-electron chi connectivity index (χ4n) is 5.91. The fourth-order valence-corrected chi connectivity index (χ4v) is 5.91. The van der Waals surface area contributed by atoms with Crippen molar-refractivity contribution in [3.05, 3.63) is 34.9 Å². The van der Waals surface area contributed by atoms with E-state index in [9.17, 15) is 10.2 Å². The van der Waals surface area contributed by atoms with Gasteiger partial charge in [0.1, 0.15) is 0 Å². The van der Waals surface area contributed by atoms with Gasteiger partial charge in [0.15, 0.2) is 0 Å². The maximum atomic E-state index is 10.0. The van der Waals surface area contributed by atoms with Crippen LogP contribution < -0.4 is 0 Å². The van der Waals surface area contributed by atoms with Gasteiger partial charge in [-0.25, -0.2) is 0 Å². The van der Waals surface area contributed by atoms with Gasteiger partial charge in [0, 0.05) is 6.61 Å². The largest absolute Gasteiger partial charge is 0.393 e. The molecule has 0 aromatic carbocycles. The molecule has 29 heavy (non-hydrogen) atoms. The Morgan fingerprint density at radius 2 is 2.03 bits per heavy atom. The Morgan fingerprint density at radius 1 is 1.28 bits per heavy atom. The Balaban J connectivity index is 1.66. The van der Waals surface area contributed by atoms with E-state index in [-0.39, 0.29) is 17.6 Å². The number of hydrogen-bond donors (Lipinski definition) is 2. The third-order valence-electron chi connectivity index (χ3n) is 7.87. The lowest BCUT2D eigenvalue weighted by atomic mass is 9.64. The first-order valence-corrected chi connectivity index (χ1v) is 11.7. The quantitative estimate of drug-likeness (QED) is 0.572. The van der Waals surface area contributed by atoms with Gasteiger partial charge in [-0.1, -0.05) is 30.7 Å². The van der Waals surface area contributed by atoms with E-state index in [0.29, 0.717) is 24.9 Å². The molecule has 3 heteroatoms. The van der Waals surface area contributed by atoms with Crippen molar-refractivity contribution in [3.8, 4) is 0 Å². The highest BCUT2D eigenvalue weighted by Crippen LogP contribution is 2.57. The van der Waals surface area contributed by atoms with E-state index in [2.05, 4.69) is 39.0 Å². The van der Waals surface area contributed by atoms with Crippen LogP contribution in [0.1, 0.15) is 86.0 Å². The summed E-state index contributed by atoms with van der Waals surface area (Å²) in [5.41, 5.74) is 3.88. The zero-order valence-corrected chi connectivity index (χ0v) is 19.2. The highest BCUT2D eigenvalue weighted by atomic mass is 16.5. The van der Waals surface area contributed by atoms with Crippen LogP contribution in [0.5, 0.6) is 0 Å². The van der Waals surface area contributed by atoms with E-state index in [0.717, 1.165) is 25.7 Å². The summed E-state index contributed by atoms with van der Waals surface area (Å²) < 4.78 is 6.20. The van der Waals surface area contributed by atoms with Crippen LogP contribution in [0.15, 0.2) is 34.9 Å². The van der Waals surface area contributed by atoms with Gasteiger partial charge in [0.25, 0.3) is 0 Å². The summed E-state index contributed by atoms with van der Waals surface area (Å²) in [7, 11) is 0. The minimum Gasteiger partial charge on any atom is -0.393 e. The third-order valence-corrected chi connectivity index (χ3v) is 7.87. The van der Waals surface area contributed by atoms with Crippen LogP contribution in [0.25, 0.3) is 0 Å². The molecule has 3 aliphatic rings. The molecular formula is C26H42O3. The zero-order valence-electron chi connectivity index (χ0n) is 19.2. The summed E-state index contributed by atoms with van der Waals surface area (Å²) in [6, 6.07) is 0. The molecule has 0 bridgehead atoms. The average Bonchev–Trinajstić information content (AvgIpc) is 2.99. The first kappa shape index (κ1) is 22.8. The third kappa shape index (κ3) is 5.42. The normalized spacial score (nSPS) is 34.4. The Bertz CT molecular complexity index is 666. The number of ether oxygens (including phenoxy) is 1. The summed E-state index contributed by atoms with van der Waals surface area (Å²) in [6.07, 6.45) is 15.4. The van der Waals surface area contributed by atoms with E-state index in [1.54, 1.807) is 0 Å². The molecule has 2 N–H and O–H groups in total. The average molecular weight is 403 g/mol. The molecule has 3 aliphatic carbocycles. The molecule has 0 radical (unpaired) electrons. The molecule has 164 valence electrons. The lowest BCUT2D eigenvalue weighted by Crippen LogP contribution is -2.38. The topological polar surface area (TPSA) is 49.7 Å². The van der Waals surface area contributed by atoms with Crippen LogP contribution in [0, 0.1) is 17.3 Å². The second kappa shape index (κ2) is 9.08. The molecule has 3 rings (SSSR count). The minimum absolute atomic E-state index is 0.179. The summed E-state index contributed by atoms with van der Waals surface area (Å²) in [4.78, 5) is 0. The van der Waals surface area contributed by atoms with Crippen LogP contribution in [0.4, 0.5) is 0 Å². The predicted molar refractivity (Wildman–Crippen MR) is 120 cm³/mol. The highest BCUT2D eigenvalue weighted by Gasteiger charge is 2.50. The number of aliphatic hydroxyl groups is 2. The van der Waals surface area contributed by atoms with Gasteiger partial charge in [-0.2, -0.15) is 0 Å². The lowest BCUT2D eigenvalue weighted by molar-refractivity contribution is -0.0432. The second-order valence-electron chi connectivity index (χ2n) is 10.7.